The largest absolute Gasteiger partial charge is 0.445 e. The molecule has 10 nitrogen and oxygen atoms in total. The molecule has 5 N–H and O–H groups in total. The maximum Gasteiger partial charge on any atom is 0.408 e. The zero-order chi connectivity index (χ0) is 31.0. The van der Waals surface area contributed by atoms with Crippen LogP contribution < -0.4 is 21.3 Å². The molecule has 3 aromatic carbocycles. The van der Waals surface area contributed by atoms with E-state index >= 15 is 0 Å². The van der Waals surface area contributed by atoms with Crippen molar-refractivity contribution < 1.29 is 29.0 Å². The summed E-state index contributed by atoms with van der Waals surface area (Å²) in [5.74, 6) is -1.71. The first-order valence-electron chi connectivity index (χ1n) is 14.3. The van der Waals surface area contributed by atoms with Crippen molar-refractivity contribution in [3.05, 3.63) is 108 Å². The van der Waals surface area contributed by atoms with Crippen molar-refractivity contribution in [3.8, 4) is 0 Å². The highest BCUT2D eigenvalue weighted by atomic mass is 16.5. The minimum absolute atomic E-state index is 0.0115. The topological polar surface area (TPSA) is 146 Å². The van der Waals surface area contributed by atoms with Crippen LogP contribution in [0.5, 0.6) is 0 Å². The van der Waals surface area contributed by atoms with Crippen LogP contribution in [0.4, 0.5) is 4.79 Å². The van der Waals surface area contributed by atoms with E-state index in [1.54, 1.807) is 36.4 Å². The molecule has 0 spiro atoms. The molecule has 0 bridgehead atoms. The molecule has 43 heavy (non-hydrogen) atoms. The molecular formula is C33H40N4O6. The quantitative estimate of drug-likeness (QED) is 0.185. The number of nitrogens with one attached hydrogen (secondary N) is 4. The summed E-state index contributed by atoms with van der Waals surface area (Å²) >= 11 is 0. The molecule has 0 aromatic heterocycles. The molecular weight excluding hydrogens is 548 g/mol. The normalized spacial score (nSPS) is 12.8. The second kappa shape index (κ2) is 17.3. The summed E-state index contributed by atoms with van der Waals surface area (Å²) in [6.07, 6.45) is -0.341. The molecule has 3 aromatic rings. The minimum atomic E-state index is -1.36. The van der Waals surface area contributed by atoms with Crippen molar-refractivity contribution in [1.82, 2.24) is 21.3 Å². The third kappa shape index (κ3) is 11.6. The molecule has 0 saturated heterocycles. The van der Waals surface area contributed by atoms with Gasteiger partial charge >= 0.3 is 6.09 Å². The van der Waals surface area contributed by atoms with Crippen LogP contribution in [0.25, 0.3) is 0 Å². The lowest BCUT2D eigenvalue weighted by Crippen LogP contribution is -2.58. The number of carbonyl (C=O) groups excluding carboxylic acids is 4. The van der Waals surface area contributed by atoms with Crippen molar-refractivity contribution >= 4 is 23.8 Å². The fraction of sp³-hybridized carbons (Fsp3) is 0.333. The summed E-state index contributed by atoms with van der Waals surface area (Å²) in [7, 11) is 0. The van der Waals surface area contributed by atoms with Crippen LogP contribution in [-0.4, -0.2) is 53.7 Å². The zero-order valence-corrected chi connectivity index (χ0v) is 24.5. The van der Waals surface area contributed by atoms with Crippen LogP contribution in [0.15, 0.2) is 91.0 Å². The fourth-order valence-corrected chi connectivity index (χ4v) is 4.32. The van der Waals surface area contributed by atoms with Crippen LogP contribution in [0.3, 0.4) is 0 Å². The number of amides is 4. The van der Waals surface area contributed by atoms with E-state index in [4.69, 9.17) is 4.74 Å². The van der Waals surface area contributed by atoms with Gasteiger partial charge in [-0.15, -0.1) is 0 Å². The van der Waals surface area contributed by atoms with Crippen molar-refractivity contribution in [2.75, 3.05) is 6.61 Å². The Bertz CT molecular complexity index is 1300. The van der Waals surface area contributed by atoms with Gasteiger partial charge in [0.15, 0.2) is 0 Å². The van der Waals surface area contributed by atoms with Crippen molar-refractivity contribution in [1.29, 1.82) is 0 Å². The highest BCUT2D eigenvalue weighted by molar-refractivity contribution is 5.94. The Morgan fingerprint density at radius 2 is 1.16 bits per heavy atom. The molecule has 0 aliphatic rings. The predicted molar refractivity (Wildman–Crippen MR) is 162 cm³/mol. The number of aliphatic hydroxyl groups is 1. The van der Waals surface area contributed by atoms with Crippen molar-refractivity contribution in [2.24, 2.45) is 5.92 Å². The number of hydrogen-bond donors (Lipinski definition) is 5. The molecule has 0 aliphatic heterocycles. The van der Waals surface area contributed by atoms with Crippen molar-refractivity contribution in [2.45, 2.75) is 58.0 Å². The third-order valence-electron chi connectivity index (χ3n) is 6.57. The van der Waals surface area contributed by atoms with Crippen LogP contribution >= 0.6 is 0 Å². The van der Waals surface area contributed by atoms with E-state index < -0.39 is 42.6 Å². The number of rotatable bonds is 15. The standard InChI is InChI=1S/C33H40N4O6/c1-23(2)18-27(30(39)34-20-25-14-8-4-9-15-25)35-32(41)29(21-38)36-31(40)28(19-24-12-6-3-7-13-24)37-33(42)43-22-26-16-10-5-11-17-26/h3-17,23,27-29,38H,18-22H2,1-2H3,(H,34,39)(H,35,41)(H,36,40)(H,37,42)/t27-,28-,29-/m0/s1. The first-order chi connectivity index (χ1) is 20.7. The molecule has 228 valence electrons. The number of alkyl carbamates (subject to hydrolysis) is 1. The Morgan fingerprint density at radius 1 is 0.651 bits per heavy atom. The Balaban J connectivity index is 1.65. The van der Waals surface area contributed by atoms with Gasteiger partial charge in [-0.3, -0.25) is 14.4 Å². The molecule has 3 rings (SSSR count). The highest BCUT2D eigenvalue weighted by Crippen LogP contribution is 2.08. The average Bonchev–Trinajstić information content (AvgIpc) is 3.02. The molecule has 10 heteroatoms. The highest BCUT2D eigenvalue weighted by Gasteiger charge is 2.30. The lowest BCUT2D eigenvalue weighted by atomic mass is 10.0. The SMILES string of the molecule is CC(C)C[C@H](NC(=O)[C@H](CO)NC(=O)[C@H](Cc1ccccc1)NC(=O)OCc1ccccc1)C(=O)NCc1ccccc1. The van der Waals surface area contributed by atoms with Gasteiger partial charge in [0.05, 0.1) is 6.61 Å². The second-order valence-electron chi connectivity index (χ2n) is 10.6. The van der Waals surface area contributed by atoms with Gasteiger partial charge in [-0.05, 0) is 29.0 Å². The van der Waals surface area contributed by atoms with Crippen LogP contribution in [-0.2, 0) is 38.7 Å². The first kappa shape index (κ1) is 32.8. The van der Waals surface area contributed by atoms with E-state index in [9.17, 15) is 24.3 Å². The third-order valence-corrected chi connectivity index (χ3v) is 6.57. The predicted octanol–water partition coefficient (Wildman–Crippen LogP) is 2.85. The molecule has 3 atom stereocenters. The Labute approximate surface area is 252 Å². The summed E-state index contributed by atoms with van der Waals surface area (Å²) in [6, 6.07) is 24.2. The first-order valence-corrected chi connectivity index (χ1v) is 14.3. The molecule has 0 heterocycles. The van der Waals surface area contributed by atoms with E-state index in [1.807, 2.05) is 68.4 Å². The minimum Gasteiger partial charge on any atom is -0.445 e. The van der Waals surface area contributed by atoms with E-state index in [1.165, 1.54) is 0 Å². The van der Waals surface area contributed by atoms with Gasteiger partial charge in [0, 0.05) is 13.0 Å². The van der Waals surface area contributed by atoms with Gasteiger partial charge in [0.1, 0.15) is 24.7 Å². The average molecular weight is 589 g/mol. The van der Waals surface area contributed by atoms with Crippen LogP contribution in [0.2, 0.25) is 0 Å². The smallest absolute Gasteiger partial charge is 0.408 e. The van der Waals surface area contributed by atoms with Crippen LogP contribution in [0.1, 0.15) is 37.0 Å². The van der Waals surface area contributed by atoms with Gasteiger partial charge < -0.3 is 31.1 Å². The summed E-state index contributed by atoms with van der Waals surface area (Å²) in [5, 5.41) is 20.6. The van der Waals surface area contributed by atoms with Gasteiger partial charge in [0.2, 0.25) is 17.7 Å². The number of aliphatic hydroxyl groups excluding tert-OH is 1. The van der Waals surface area contributed by atoms with E-state index in [0.717, 1.165) is 16.7 Å². The molecule has 0 unspecified atom stereocenters. The maximum absolute atomic E-state index is 13.3. The zero-order valence-electron chi connectivity index (χ0n) is 24.5. The molecule has 4 amide bonds. The molecule has 0 aliphatic carbocycles. The lowest BCUT2D eigenvalue weighted by Gasteiger charge is -2.25. The Hall–Kier alpha value is -4.70. The summed E-state index contributed by atoms with van der Waals surface area (Å²) in [4.78, 5) is 52.1. The summed E-state index contributed by atoms with van der Waals surface area (Å²) < 4.78 is 5.29. The fourth-order valence-electron chi connectivity index (χ4n) is 4.32. The lowest BCUT2D eigenvalue weighted by molar-refractivity contribution is -0.133. The number of benzene rings is 3. The van der Waals surface area contributed by atoms with Gasteiger partial charge in [-0.2, -0.15) is 0 Å². The van der Waals surface area contributed by atoms with E-state index in [-0.39, 0.29) is 31.4 Å². The monoisotopic (exact) mass is 588 g/mol. The Morgan fingerprint density at radius 3 is 1.72 bits per heavy atom. The Kier molecular flexibility index (Phi) is 13.2. The summed E-state index contributed by atoms with van der Waals surface area (Å²) in [6.45, 7) is 3.43. The van der Waals surface area contributed by atoms with Gasteiger partial charge in [0.25, 0.3) is 0 Å². The molecule has 0 saturated carbocycles. The van der Waals surface area contributed by atoms with E-state index in [0.29, 0.717) is 6.42 Å². The van der Waals surface area contributed by atoms with Crippen LogP contribution in [0, 0.1) is 5.92 Å². The maximum atomic E-state index is 13.3. The number of carbonyl (C=O) groups is 4. The van der Waals surface area contributed by atoms with Gasteiger partial charge in [-0.25, -0.2) is 4.79 Å². The number of hydrogen-bond acceptors (Lipinski definition) is 6. The molecule has 0 fully saturated rings. The van der Waals surface area contributed by atoms with Gasteiger partial charge in [-0.1, -0.05) is 105 Å². The number of ether oxygens (including phenoxy) is 1. The van der Waals surface area contributed by atoms with E-state index in [2.05, 4.69) is 21.3 Å². The summed E-state index contributed by atoms with van der Waals surface area (Å²) in [5.41, 5.74) is 2.45. The molecule has 0 radical (unpaired) electrons. The van der Waals surface area contributed by atoms with Crippen molar-refractivity contribution in [3.63, 3.8) is 0 Å². The second-order valence-corrected chi connectivity index (χ2v) is 10.6.